The molecule has 0 radical (unpaired) electrons. The fraction of sp³-hybridized carbons (Fsp3) is 0. The maximum atomic E-state index is 5.65. The number of rotatable bonds is 0. The SMILES string of the molecule is I.Nc1nccc2ccccc12. The number of nitrogens with zero attached hydrogens (tertiary/aromatic N) is 1. The van der Waals surface area contributed by atoms with Crippen LogP contribution in [0.5, 0.6) is 0 Å². The molecule has 0 unspecified atom stereocenters. The molecule has 0 fully saturated rings. The van der Waals surface area contributed by atoms with Gasteiger partial charge >= 0.3 is 0 Å². The van der Waals surface area contributed by atoms with Crippen LogP contribution in [0.2, 0.25) is 0 Å². The molecule has 2 aromatic rings. The lowest BCUT2D eigenvalue weighted by Gasteiger charge is -1.97. The summed E-state index contributed by atoms with van der Waals surface area (Å²) in [5.41, 5.74) is 5.65. The summed E-state index contributed by atoms with van der Waals surface area (Å²) in [6.45, 7) is 0. The Bertz CT molecular complexity index is 382. The zero-order valence-electron chi connectivity index (χ0n) is 6.40. The molecule has 12 heavy (non-hydrogen) atoms. The maximum absolute atomic E-state index is 5.65. The van der Waals surface area contributed by atoms with Crippen LogP contribution in [0.15, 0.2) is 36.5 Å². The second-order valence-electron chi connectivity index (χ2n) is 2.42. The number of fused-ring (bicyclic) bond motifs is 1. The number of anilines is 1. The van der Waals surface area contributed by atoms with Crippen molar-refractivity contribution >= 4 is 40.6 Å². The minimum atomic E-state index is 0. The smallest absolute Gasteiger partial charge is 0.131 e. The first-order valence-corrected chi connectivity index (χ1v) is 3.47. The van der Waals surface area contributed by atoms with Crippen LogP contribution in [-0.4, -0.2) is 4.98 Å². The Labute approximate surface area is 87.8 Å². The molecule has 0 atom stereocenters. The van der Waals surface area contributed by atoms with Crippen molar-refractivity contribution in [1.82, 2.24) is 4.98 Å². The van der Waals surface area contributed by atoms with E-state index in [0.717, 1.165) is 10.8 Å². The molecule has 1 heterocycles. The van der Waals surface area contributed by atoms with Crippen LogP contribution >= 0.6 is 24.0 Å². The number of nitrogen functional groups attached to an aromatic ring is 1. The van der Waals surface area contributed by atoms with Gasteiger partial charge in [0.1, 0.15) is 5.82 Å². The molecule has 2 N–H and O–H groups in total. The molecule has 62 valence electrons. The number of hydrogen-bond donors (Lipinski definition) is 1. The van der Waals surface area contributed by atoms with Gasteiger partial charge in [0.05, 0.1) is 0 Å². The van der Waals surface area contributed by atoms with Crippen molar-refractivity contribution in [2.45, 2.75) is 0 Å². The largest absolute Gasteiger partial charge is 0.383 e. The van der Waals surface area contributed by atoms with Gasteiger partial charge in [-0.25, -0.2) is 4.98 Å². The van der Waals surface area contributed by atoms with E-state index in [1.165, 1.54) is 0 Å². The topological polar surface area (TPSA) is 38.9 Å². The van der Waals surface area contributed by atoms with Crippen LogP contribution in [0, 0.1) is 0 Å². The highest BCUT2D eigenvalue weighted by atomic mass is 127. The van der Waals surface area contributed by atoms with E-state index in [-0.39, 0.29) is 24.0 Å². The van der Waals surface area contributed by atoms with Gasteiger partial charge in [-0.2, -0.15) is 0 Å². The predicted octanol–water partition coefficient (Wildman–Crippen LogP) is 2.44. The molecule has 1 aromatic carbocycles. The summed E-state index contributed by atoms with van der Waals surface area (Å²) in [5, 5.41) is 2.16. The van der Waals surface area contributed by atoms with Crippen LogP contribution in [0.3, 0.4) is 0 Å². The van der Waals surface area contributed by atoms with Crippen molar-refractivity contribution in [1.29, 1.82) is 0 Å². The lowest BCUT2D eigenvalue weighted by atomic mass is 10.2. The zero-order chi connectivity index (χ0) is 7.68. The van der Waals surface area contributed by atoms with E-state index in [9.17, 15) is 0 Å². The number of pyridine rings is 1. The minimum absolute atomic E-state index is 0. The molecule has 0 bridgehead atoms. The summed E-state index contributed by atoms with van der Waals surface area (Å²) in [7, 11) is 0. The molecule has 3 heteroatoms. The van der Waals surface area contributed by atoms with Crippen LogP contribution in [0.1, 0.15) is 0 Å². The molecule has 2 nitrogen and oxygen atoms in total. The highest BCUT2D eigenvalue weighted by Gasteiger charge is 1.94. The fourth-order valence-electron chi connectivity index (χ4n) is 1.14. The van der Waals surface area contributed by atoms with Crippen molar-refractivity contribution < 1.29 is 0 Å². The van der Waals surface area contributed by atoms with Crippen molar-refractivity contribution in [2.24, 2.45) is 0 Å². The molecule has 0 saturated heterocycles. The Hall–Kier alpha value is -0.840. The lowest BCUT2D eigenvalue weighted by Crippen LogP contribution is -1.89. The number of nitrogens with two attached hydrogens (primary N) is 1. The minimum Gasteiger partial charge on any atom is -0.383 e. The van der Waals surface area contributed by atoms with Gasteiger partial charge in [-0.3, -0.25) is 0 Å². The summed E-state index contributed by atoms with van der Waals surface area (Å²) < 4.78 is 0. The van der Waals surface area contributed by atoms with Crippen LogP contribution in [0.25, 0.3) is 10.8 Å². The van der Waals surface area contributed by atoms with Crippen LogP contribution < -0.4 is 5.73 Å². The molecule has 2 rings (SSSR count). The highest BCUT2D eigenvalue weighted by Crippen LogP contribution is 2.16. The average molecular weight is 272 g/mol. The van der Waals surface area contributed by atoms with Gasteiger partial charge in [0.2, 0.25) is 0 Å². The van der Waals surface area contributed by atoms with E-state index in [1.807, 2.05) is 30.3 Å². The third-order valence-corrected chi connectivity index (χ3v) is 1.70. The van der Waals surface area contributed by atoms with Crippen molar-refractivity contribution in [3.8, 4) is 0 Å². The molecule has 0 saturated carbocycles. The third-order valence-electron chi connectivity index (χ3n) is 1.70. The number of halogens is 1. The molecule has 1 aromatic heterocycles. The Kier molecular flexibility index (Phi) is 2.86. The summed E-state index contributed by atoms with van der Waals surface area (Å²) >= 11 is 0. The first-order valence-electron chi connectivity index (χ1n) is 3.47. The van der Waals surface area contributed by atoms with Gasteiger partial charge < -0.3 is 5.73 Å². The summed E-state index contributed by atoms with van der Waals surface area (Å²) in [6.07, 6.45) is 1.72. The van der Waals surface area contributed by atoms with Gasteiger partial charge in [0, 0.05) is 11.6 Å². The van der Waals surface area contributed by atoms with Gasteiger partial charge in [0.15, 0.2) is 0 Å². The molecular weight excluding hydrogens is 263 g/mol. The highest BCUT2D eigenvalue weighted by molar-refractivity contribution is 14.0. The second-order valence-corrected chi connectivity index (χ2v) is 2.42. The Morgan fingerprint density at radius 2 is 1.83 bits per heavy atom. The van der Waals surface area contributed by atoms with E-state index in [4.69, 9.17) is 5.73 Å². The van der Waals surface area contributed by atoms with Crippen molar-refractivity contribution in [3.63, 3.8) is 0 Å². The molecule has 0 aliphatic rings. The summed E-state index contributed by atoms with van der Waals surface area (Å²) in [5.74, 6) is 0.600. The van der Waals surface area contributed by atoms with Gasteiger partial charge in [0.25, 0.3) is 0 Å². The standard InChI is InChI=1S/C9H8N2.HI/c10-9-8-4-2-1-3-7(8)5-6-11-9;/h1-6H,(H2,10,11);1H. The molecule has 0 aliphatic carbocycles. The molecule has 0 amide bonds. The molecule has 0 aliphatic heterocycles. The average Bonchev–Trinajstić information content (AvgIpc) is 2.06. The normalized spacial score (nSPS) is 9.33. The first-order chi connectivity index (χ1) is 5.38. The van der Waals surface area contributed by atoms with E-state index < -0.39 is 0 Å². The first kappa shape index (κ1) is 9.25. The Morgan fingerprint density at radius 3 is 2.58 bits per heavy atom. The quantitative estimate of drug-likeness (QED) is 0.748. The van der Waals surface area contributed by atoms with Gasteiger partial charge in [-0.05, 0) is 11.5 Å². The number of hydrogen-bond acceptors (Lipinski definition) is 2. The van der Waals surface area contributed by atoms with Crippen LogP contribution in [0.4, 0.5) is 5.82 Å². The van der Waals surface area contributed by atoms with Crippen LogP contribution in [-0.2, 0) is 0 Å². The summed E-state index contributed by atoms with van der Waals surface area (Å²) in [4.78, 5) is 3.99. The Morgan fingerprint density at radius 1 is 1.08 bits per heavy atom. The van der Waals surface area contributed by atoms with E-state index in [1.54, 1.807) is 6.20 Å². The predicted molar refractivity (Wildman–Crippen MR) is 61.6 cm³/mol. The van der Waals surface area contributed by atoms with Gasteiger partial charge in [-0.1, -0.05) is 24.3 Å². The van der Waals surface area contributed by atoms with E-state index >= 15 is 0 Å². The van der Waals surface area contributed by atoms with Crippen molar-refractivity contribution in [3.05, 3.63) is 36.5 Å². The second kappa shape index (κ2) is 3.71. The molecule has 0 spiro atoms. The maximum Gasteiger partial charge on any atom is 0.131 e. The fourth-order valence-corrected chi connectivity index (χ4v) is 1.14. The Balaban J connectivity index is 0.000000720. The lowest BCUT2D eigenvalue weighted by molar-refractivity contribution is 1.37. The van der Waals surface area contributed by atoms with Gasteiger partial charge in [-0.15, -0.1) is 24.0 Å². The molecular formula is C9H9IN2. The van der Waals surface area contributed by atoms with Crippen molar-refractivity contribution in [2.75, 3.05) is 5.73 Å². The van der Waals surface area contributed by atoms with E-state index in [0.29, 0.717) is 5.82 Å². The monoisotopic (exact) mass is 272 g/mol. The van der Waals surface area contributed by atoms with E-state index in [2.05, 4.69) is 4.98 Å². The number of aromatic nitrogens is 1. The summed E-state index contributed by atoms with van der Waals surface area (Å²) in [6, 6.07) is 9.89. The zero-order valence-corrected chi connectivity index (χ0v) is 8.73. The number of benzene rings is 1. The third kappa shape index (κ3) is 1.50.